The van der Waals surface area contributed by atoms with E-state index < -0.39 is 0 Å². The molecule has 0 unspecified atom stereocenters. The van der Waals surface area contributed by atoms with E-state index in [4.69, 9.17) is 13.9 Å². The predicted molar refractivity (Wildman–Crippen MR) is 90.7 cm³/mol. The van der Waals surface area contributed by atoms with Gasteiger partial charge in [-0.2, -0.15) is 0 Å². The molecule has 1 aromatic carbocycles. The molecule has 1 saturated heterocycles. The second-order valence-corrected chi connectivity index (χ2v) is 5.69. The van der Waals surface area contributed by atoms with Crippen molar-refractivity contribution in [3.8, 4) is 5.75 Å². The van der Waals surface area contributed by atoms with Crippen LogP contribution in [0.2, 0.25) is 0 Å². The minimum absolute atomic E-state index is 0.0166. The number of rotatable bonds is 5. The normalized spacial score (nSPS) is 14.2. The van der Waals surface area contributed by atoms with Gasteiger partial charge >= 0.3 is 0 Å². The number of nitrogens with zero attached hydrogens (tertiary/aromatic N) is 1. The molecule has 0 atom stereocenters. The summed E-state index contributed by atoms with van der Waals surface area (Å²) >= 11 is 0. The van der Waals surface area contributed by atoms with Crippen LogP contribution in [0.1, 0.15) is 16.1 Å². The lowest BCUT2D eigenvalue weighted by Gasteiger charge is -2.26. The van der Waals surface area contributed by atoms with E-state index in [0.29, 0.717) is 37.7 Å². The number of furan rings is 1. The fourth-order valence-electron chi connectivity index (χ4n) is 2.48. The highest BCUT2D eigenvalue weighted by Crippen LogP contribution is 2.18. The first-order chi connectivity index (χ1) is 12.1. The molecule has 1 N–H and O–H groups in total. The Bertz CT molecular complexity index is 732. The van der Waals surface area contributed by atoms with Gasteiger partial charge in [-0.3, -0.25) is 9.59 Å². The summed E-state index contributed by atoms with van der Waals surface area (Å²) in [5.74, 6) is 0.484. The first-order valence-corrected chi connectivity index (χ1v) is 8.07. The van der Waals surface area contributed by atoms with Crippen LogP contribution in [0.25, 0.3) is 0 Å². The van der Waals surface area contributed by atoms with E-state index >= 15 is 0 Å². The van der Waals surface area contributed by atoms with Gasteiger partial charge in [-0.05, 0) is 37.3 Å². The van der Waals surface area contributed by atoms with Crippen molar-refractivity contribution in [3.63, 3.8) is 0 Å². The quantitative estimate of drug-likeness (QED) is 0.898. The number of carbonyl (C=O) groups is 2. The van der Waals surface area contributed by atoms with Crippen LogP contribution in [0.15, 0.2) is 41.0 Å². The van der Waals surface area contributed by atoms with Crippen molar-refractivity contribution in [3.05, 3.63) is 47.9 Å². The largest absolute Gasteiger partial charge is 0.484 e. The zero-order valence-electron chi connectivity index (χ0n) is 14.0. The highest BCUT2D eigenvalue weighted by Gasteiger charge is 2.17. The van der Waals surface area contributed by atoms with Crippen molar-refractivity contribution in [2.45, 2.75) is 6.92 Å². The summed E-state index contributed by atoms with van der Waals surface area (Å²) in [6, 6.07) is 8.57. The molecule has 25 heavy (non-hydrogen) atoms. The van der Waals surface area contributed by atoms with Gasteiger partial charge in [-0.15, -0.1) is 0 Å². The summed E-state index contributed by atoms with van der Waals surface area (Å²) in [4.78, 5) is 25.8. The van der Waals surface area contributed by atoms with Gasteiger partial charge in [0.2, 0.25) is 0 Å². The number of hydrogen-bond acceptors (Lipinski definition) is 5. The first kappa shape index (κ1) is 17.0. The van der Waals surface area contributed by atoms with E-state index in [9.17, 15) is 9.59 Å². The van der Waals surface area contributed by atoms with Gasteiger partial charge in [-0.25, -0.2) is 0 Å². The molecule has 2 heterocycles. The Kier molecular flexibility index (Phi) is 5.35. The molecular formula is C18H20N2O5. The Labute approximate surface area is 145 Å². The SMILES string of the molecule is Cc1ccoc1C(=O)Nc1ccc(OCC(=O)N2CCOCC2)cc1. The van der Waals surface area contributed by atoms with Gasteiger partial charge in [-0.1, -0.05) is 0 Å². The summed E-state index contributed by atoms with van der Waals surface area (Å²) in [6.07, 6.45) is 1.48. The Morgan fingerprint density at radius 1 is 1.16 bits per heavy atom. The van der Waals surface area contributed by atoms with Gasteiger partial charge in [0.05, 0.1) is 19.5 Å². The van der Waals surface area contributed by atoms with E-state index in [0.717, 1.165) is 5.56 Å². The van der Waals surface area contributed by atoms with Crippen LogP contribution < -0.4 is 10.1 Å². The number of ether oxygens (including phenoxy) is 2. The van der Waals surface area contributed by atoms with Gasteiger partial charge in [0.1, 0.15) is 5.75 Å². The molecule has 0 spiro atoms. The van der Waals surface area contributed by atoms with Gasteiger partial charge in [0.15, 0.2) is 12.4 Å². The number of aryl methyl sites for hydroxylation is 1. The van der Waals surface area contributed by atoms with Gasteiger partial charge < -0.3 is 24.1 Å². The average molecular weight is 344 g/mol. The van der Waals surface area contributed by atoms with Crippen molar-refractivity contribution in [1.29, 1.82) is 0 Å². The van der Waals surface area contributed by atoms with Crippen LogP contribution >= 0.6 is 0 Å². The average Bonchev–Trinajstić information content (AvgIpc) is 3.08. The van der Waals surface area contributed by atoms with E-state index in [-0.39, 0.29) is 24.2 Å². The molecule has 3 rings (SSSR count). The van der Waals surface area contributed by atoms with Crippen LogP contribution in [0.3, 0.4) is 0 Å². The maximum Gasteiger partial charge on any atom is 0.291 e. The van der Waals surface area contributed by atoms with Crippen LogP contribution in [0.4, 0.5) is 5.69 Å². The number of benzene rings is 1. The third kappa shape index (κ3) is 4.39. The summed E-state index contributed by atoms with van der Waals surface area (Å²) in [5, 5.41) is 2.75. The first-order valence-electron chi connectivity index (χ1n) is 8.07. The molecular weight excluding hydrogens is 324 g/mol. The van der Waals surface area contributed by atoms with Crippen LogP contribution in [0.5, 0.6) is 5.75 Å². The van der Waals surface area contributed by atoms with Crippen molar-refractivity contribution < 1.29 is 23.5 Å². The molecule has 7 nitrogen and oxygen atoms in total. The number of carbonyl (C=O) groups excluding carboxylic acids is 2. The molecule has 0 aliphatic carbocycles. The lowest BCUT2D eigenvalue weighted by Crippen LogP contribution is -2.42. The summed E-state index contributed by atoms with van der Waals surface area (Å²) in [6.45, 7) is 4.11. The standard InChI is InChI=1S/C18H20N2O5/c1-13-6-9-24-17(13)18(22)19-14-2-4-15(5-3-14)25-12-16(21)20-7-10-23-11-8-20/h2-6,9H,7-8,10-12H2,1H3,(H,19,22). The van der Waals surface area contributed by atoms with E-state index in [2.05, 4.69) is 5.32 Å². The monoisotopic (exact) mass is 344 g/mol. The molecule has 7 heteroatoms. The number of anilines is 1. The number of amides is 2. The van der Waals surface area contributed by atoms with Gasteiger partial charge in [0, 0.05) is 24.3 Å². The topological polar surface area (TPSA) is 81.0 Å². The second kappa shape index (κ2) is 7.85. The lowest BCUT2D eigenvalue weighted by atomic mass is 10.2. The number of nitrogens with one attached hydrogen (secondary N) is 1. The third-order valence-electron chi connectivity index (χ3n) is 3.91. The summed E-state index contributed by atoms with van der Waals surface area (Å²) in [7, 11) is 0. The Morgan fingerprint density at radius 3 is 2.52 bits per heavy atom. The Morgan fingerprint density at radius 2 is 1.88 bits per heavy atom. The molecule has 1 aliphatic heterocycles. The third-order valence-corrected chi connectivity index (χ3v) is 3.91. The maximum atomic E-state index is 12.1. The van der Waals surface area contributed by atoms with Crippen LogP contribution in [-0.2, 0) is 9.53 Å². The second-order valence-electron chi connectivity index (χ2n) is 5.69. The molecule has 2 amide bonds. The maximum absolute atomic E-state index is 12.1. The fraction of sp³-hybridized carbons (Fsp3) is 0.333. The van der Waals surface area contributed by atoms with Crippen molar-refractivity contribution in [2.24, 2.45) is 0 Å². The van der Waals surface area contributed by atoms with Crippen LogP contribution in [0, 0.1) is 6.92 Å². The number of morpholine rings is 1. The molecule has 1 aliphatic rings. The highest BCUT2D eigenvalue weighted by molar-refractivity contribution is 6.03. The summed E-state index contributed by atoms with van der Waals surface area (Å²) < 4.78 is 15.9. The molecule has 0 bridgehead atoms. The number of hydrogen-bond donors (Lipinski definition) is 1. The highest BCUT2D eigenvalue weighted by atomic mass is 16.5. The van der Waals surface area contributed by atoms with E-state index in [1.54, 1.807) is 42.2 Å². The molecule has 0 saturated carbocycles. The Balaban J connectivity index is 1.51. The smallest absolute Gasteiger partial charge is 0.291 e. The molecule has 0 radical (unpaired) electrons. The van der Waals surface area contributed by atoms with Crippen molar-refractivity contribution in [1.82, 2.24) is 4.90 Å². The minimum atomic E-state index is -0.307. The predicted octanol–water partition coefficient (Wildman–Crippen LogP) is 2.08. The molecule has 2 aromatic rings. The van der Waals surface area contributed by atoms with Gasteiger partial charge in [0.25, 0.3) is 11.8 Å². The minimum Gasteiger partial charge on any atom is -0.484 e. The van der Waals surface area contributed by atoms with Crippen molar-refractivity contribution in [2.75, 3.05) is 38.2 Å². The molecule has 1 fully saturated rings. The zero-order valence-corrected chi connectivity index (χ0v) is 14.0. The molecule has 132 valence electrons. The van der Waals surface area contributed by atoms with Crippen LogP contribution in [-0.4, -0.2) is 49.6 Å². The van der Waals surface area contributed by atoms with E-state index in [1.807, 2.05) is 0 Å². The van der Waals surface area contributed by atoms with E-state index in [1.165, 1.54) is 6.26 Å². The molecule has 1 aromatic heterocycles. The Hall–Kier alpha value is -2.80. The fourth-order valence-corrected chi connectivity index (χ4v) is 2.48. The zero-order chi connectivity index (χ0) is 17.6. The van der Waals surface area contributed by atoms with Crippen molar-refractivity contribution >= 4 is 17.5 Å². The summed E-state index contributed by atoms with van der Waals surface area (Å²) in [5.41, 5.74) is 1.40. The lowest BCUT2D eigenvalue weighted by molar-refractivity contribution is -0.137.